The minimum Gasteiger partial charge on any atom is -0.490 e. The summed E-state index contributed by atoms with van der Waals surface area (Å²) >= 11 is 6.76. The SMILES string of the molecule is CC(CCCN(CCN1CCS(=O)(=O)CC1)C(=O)[C@@H](O)[C@@H](O)[C@H](O)[C@@H](O)CO)c1ccc(Cl)c(CNC2(c3cnccc3-c3ccccc3OC3CC3)CC2)c1. The van der Waals surface area contributed by atoms with Crippen LogP contribution in [0.2, 0.25) is 5.02 Å². The van der Waals surface area contributed by atoms with Crippen LogP contribution in [0.5, 0.6) is 5.75 Å². The summed E-state index contributed by atoms with van der Waals surface area (Å²) in [7, 11) is -3.09. The maximum absolute atomic E-state index is 13.4. The van der Waals surface area contributed by atoms with Crippen molar-refractivity contribution in [2.24, 2.45) is 0 Å². The van der Waals surface area contributed by atoms with Gasteiger partial charge in [-0.1, -0.05) is 48.9 Å². The molecule has 1 unspecified atom stereocenters. The largest absolute Gasteiger partial charge is 0.490 e. The lowest BCUT2D eigenvalue weighted by atomic mass is 9.93. The smallest absolute Gasteiger partial charge is 0.254 e. The van der Waals surface area contributed by atoms with Gasteiger partial charge in [-0.3, -0.25) is 14.7 Å². The summed E-state index contributed by atoms with van der Waals surface area (Å²) < 4.78 is 30.1. The van der Waals surface area contributed by atoms with Crippen LogP contribution in [-0.4, -0.2) is 136 Å². The standard InChI is InChI=1S/C41H55ClN4O9S/c1-27(5-4-16-46(18-17-45-19-21-56(53,54)22-20-45)40(52)39(51)38(50)37(49)35(48)26-47)28-8-11-34(42)29(23-28)24-44-41(13-14-41)33-25-43-15-12-31(33)32-6-2-3-7-36(32)55-30-9-10-30/h2-3,6-8,11-12,15,23,25,27,30,35,37-39,44,47-51H,4-5,9-10,13-14,16-22,24,26H2,1H3/t27?,35-,37+,38-,39-/m0/s1. The van der Waals surface area contributed by atoms with Crippen molar-refractivity contribution in [2.45, 2.75) is 94.0 Å². The number of ether oxygens (including phenoxy) is 1. The molecule has 13 nitrogen and oxygen atoms in total. The number of amides is 1. The van der Waals surface area contributed by atoms with Gasteiger partial charge in [-0.05, 0) is 84.9 Å². The van der Waals surface area contributed by atoms with Crippen LogP contribution < -0.4 is 10.1 Å². The van der Waals surface area contributed by atoms with Crippen LogP contribution in [0.3, 0.4) is 0 Å². The van der Waals surface area contributed by atoms with E-state index in [4.69, 9.17) is 16.3 Å². The van der Waals surface area contributed by atoms with Crippen molar-refractivity contribution in [3.05, 3.63) is 82.6 Å². The number of hydrogen-bond acceptors (Lipinski definition) is 12. The second-order valence-corrected chi connectivity index (χ2v) is 18.3. The number of halogens is 1. The predicted molar refractivity (Wildman–Crippen MR) is 213 cm³/mol. The molecule has 1 aromatic heterocycles. The molecular formula is C41H55ClN4O9S. The Balaban J connectivity index is 1.09. The van der Waals surface area contributed by atoms with Crippen LogP contribution in [-0.2, 0) is 26.7 Å². The Bertz CT molecular complexity index is 1900. The van der Waals surface area contributed by atoms with E-state index in [1.54, 1.807) is 0 Å². The Labute approximate surface area is 334 Å². The molecule has 1 aliphatic heterocycles. The maximum Gasteiger partial charge on any atom is 0.254 e. The van der Waals surface area contributed by atoms with Crippen molar-refractivity contribution < 1.29 is 43.5 Å². The average Bonchev–Trinajstić information content (AvgIpc) is 4.16. The summed E-state index contributed by atoms with van der Waals surface area (Å²) in [4.78, 5) is 21.3. The van der Waals surface area contributed by atoms with E-state index < -0.39 is 46.8 Å². The van der Waals surface area contributed by atoms with Gasteiger partial charge in [-0.15, -0.1) is 0 Å². The van der Waals surface area contributed by atoms with Gasteiger partial charge in [0, 0.05) is 67.8 Å². The molecule has 3 aromatic rings. The molecule has 0 spiro atoms. The third-order valence-electron chi connectivity index (χ3n) is 11.3. The molecule has 6 N–H and O–H groups in total. The van der Waals surface area contributed by atoms with Crippen LogP contribution in [0.4, 0.5) is 0 Å². The number of nitrogens with zero attached hydrogens (tertiary/aromatic N) is 3. The molecule has 3 aliphatic rings. The van der Waals surface area contributed by atoms with Gasteiger partial charge in [0.1, 0.15) is 24.1 Å². The van der Waals surface area contributed by atoms with Crippen LogP contribution >= 0.6 is 11.6 Å². The van der Waals surface area contributed by atoms with Gasteiger partial charge < -0.3 is 40.5 Å². The third kappa shape index (κ3) is 10.7. The Morgan fingerprint density at radius 3 is 2.46 bits per heavy atom. The number of aliphatic hydroxyl groups is 5. The summed E-state index contributed by atoms with van der Waals surface area (Å²) in [5.74, 6) is 0.193. The molecule has 5 atom stereocenters. The summed E-state index contributed by atoms with van der Waals surface area (Å²) in [6.45, 7) is 3.18. The van der Waals surface area contributed by atoms with Crippen molar-refractivity contribution in [3.8, 4) is 16.9 Å². The van der Waals surface area contributed by atoms with Crippen molar-refractivity contribution in [3.63, 3.8) is 0 Å². The van der Waals surface area contributed by atoms with Gasteiger partial charge in [0.05, 0.1) is 24.2 Å². The molecule has 306 valence electrons. The fraction of sp³-hybridized carbons (Fsp3) is 0.561. The number of carbonyl (C=O) groups is 1. The van der Waals surface area contributed by atoms with Gasteiger partial charge >= 0.3 is 0 Å². The summed E-state index contributed by atoms with van der Waals surface area (Å²) in [5, 5.41) is 54.7. The van der Waals surface area contributed by atoms with Crippen LogP contribution in [0.25, 0.3) is 11.1 Å². The predicted octanol–water partition coefficient (Wildman–Crippen LogP) is 2.60. The summed E-state index contributed by atoms with van der Waals surface area (Å²) in [5.41, 5.74) is 5.09. The highest BCUT2D eigenvalue weighted by Crippen LogP contribution is 2.50. The van der Waals surface area contributed by atoms with Gasteiger partial charge in [-0.25, -0.2) is 8.42 Å². The van der Waals surface area contributed by atoms with Crippen molar-refractivity contribution >= 4 is 27.3 Å². The van der Waals surface area contributed by atoms with Crippen molar-refractivity contribution in [1.82, 2.24) is 20.1 Å². The molecular weight excluding hydrogens is 760 g/mol. The lowest BCUT2D eigenvalue weighted by Gasteiger charge is -2.33. The number of para-hydroxylation sites is 1. The number of hydrogen-bond donors (Lipinski definition) is 6. The Hall–Kier alpha value is -3.18. The van der Waals surface area contributed by atoms with Gasteiger partial charge in [-0.2, -0.15) is 0 Å². The minimum absolute atomic E-state index is 0.0272. The quantitative estimate of drug-likeness (QED) is 0.0979. The highest BCUT2D eigenvalue weighted by molar-refractivity contribution is 7.91. The lowest BCUT2D eigenvalue weighted by molar-refractivity contribution is -0.158. The second-order valence-electron chi connectivity index (χ2n) is 15.6. The third-order valence-corrected chi connectivity index (χ3v) is 13.3. The van der Waals surface area contributed by atoms with Gasteiger partial charge in [0.15, 0.2) is 15.9 Å². The second kappa shape index (κ2) is 18.6. The first-order chi connectivity index (χ1) is 26.8. The molecule has 1 amide bonds. The lowest BCUT2D eigenvalue weighted by Crippen LogP contribution is -2.54. The molecule has 2 aliphatic carbocycles. The van der Waals surface area contributed by atoms with E-state index in [1.807, 2.05) is 47.6 Å². The number of aliphatic hydroxyl groups excluding tert-OH is 5. The number of pyridine rings is 1. The molecule has 2 aromatic carbocycles. The molecule has 2 saturated carbocycles. The number of carbonyl (C=O) groups excluding carboxylic acids is 1. The van der Waals surface area contributed by atoms with Gasteiger partial charge in [0.25, 0.3) is 5.91 Å². The maximum atomic E-state index is 13.4. The zero-order chi connectivity index (χ0) is 40.0. The van der Waals surface area contributed by atoms with Crippen molar-refractivity contribution in [1.29, 1.82) is 0 Å². The molecule has 2 heterocycles. The fourth-order valence-corrected chi connectivity index (χ4v) is 8.78. The van der Waals surface area contributed by atoms with E-state index in [2.05, 4.69) is 35.4 Å². The minimum atomic E-state index is -3.09. The molecule has 0 radical (unpaired) electrons. The van der Waals surface area contributed by atoms with E-state index in [-0.39, 0.29) is 42.2 Å². The Morgan fingerprint density at radius 2 is 1.77 bits per heavy atom. The highest BCUT2D eigenvalue weighted by atomic mass is 35.5. The topological polar surface area (TPSA) is 193 Å². The molecule has 56 heavy (non-hydrogen) atoms. The van der Waals surface area contributed by atoms with Gasteiger partial charge in [0.2, 0.25) is 0 Å². The fourth-order valence-electron chi connectivity index (χ4n) is 7.31. The molecule has 1 saturated heterocycles. The summed E-state index contributed by atoms with van der Waals surface area (Å²) in [6, 6.07) is 16.3. The first-order valence-corrected chi connectivity index (χ1v) is 21.8. The zero-order valence-corrected chi connectivity index (χ0v) is 33.4. The van der Waals surface area contributed by atoms with Crippen LogP contribution in [0, 0.1) is 0 Å². The van der Waals surface area contributed by atoms with E-state index >= 15 is 0 Å². The van der Waals surface area contributed by atoms with Crippen molar-refractivity contribution in [2.75, 3.05) is 50.8 Å². The number of nitrogens with one attached hydrogen (secondary N) is 1. The average molecular weight is 815 g/mol. The Kier molecular flexibility index (Phi) is 14.1. The van der Waals surface area contributed by atoms with Crippen LogP contribution in [0.1, 0.15) is 68.1 Å². The number of aromatic nitrogens is 1. The van der Waals surface area contributed by atoms with Crippen LogP contribution in [0.15, 0.2) is 60.9 Å². The van der Waals surface area contributed by atoms with E-state index in [1.165, 1.54) is 4.90 Å². The van der Waals surface area contributed by atoms with E-state index in [9.17, 15) is 38.7 Å². The molecule has 0 bridgehead atoms. The van der Waals surface area contributed by atoms with E-state index in [0.717, 1.165) is 59.3 Å². The first-order valence-electron chi connectivity index (χ1n) is 19.6. The number of benzene rings is 2. The number of sulfone groups is 1. The number of rotatable bonds is 20. The first kappa shape index (κ1) is 42.4. The Morgan fingerprint density at radius 1 is 1.04 bits per heavy atom. The molecule has 15 heteroatoms. The molecule has 6 rings (SSSR count). The monoisotopic (exact) mass is 814 g/mol. The zero-order valence-electron chi connectivity index (χ0n) is 31.8. The normalized spacial score (nSPS) is 20.4. The molecule has 3 fully saturated rings. The highest BCUT2D eigenvalue weighted by Gasteiger charge is 2.46. The summed E-state index contributed by atoms with van der Waals surface area (Å²) in [6.07, 6.45) is 1.61. The van der Waals surface area contributed by atoms with E-state index in [0.29, 0.717) is 44.0 Å².